The number of amides is 1. The van der Waals surface area contributed by atoms with E-state index in [1.807, 2.05) is 0 Å². The molecule has 0 aromatic carbocycles. The summed E-state index contributed by atoms with van der Waals surface area (Å²) in [4.78, 5) is 10.5. The van der Waals surface area contributed by atoms with Crippen molar-refractivity contribution in [2.45, 2.75) is 0 Å². The number of nitrogens with two attached hydrogens (primary N) is 1. The molecule has 0 heterocycles. The van der Waals surface area contributed by atoms with Crippen LogP contribution in [0.1, 0.15) is 0 Å². The molecule has 0 saturated carbocycles. The summed E-state index contributed by atoms with van der Waals surface area (Å²) in [6.07, 6.45) is 4.87. The first kappa shape index (κ1) is 9.43. The molecule has 2 N–H and O–H groups in total. The van der Waals surface area contributed by atoms with Gasteiger partial charge in [0, 0.05) is 5.57 Å². The second kappa shape index (κ2) is 4.28. The Balaban J connectivity index is 4.26. The van der Waals surface area contributed by atoms with Crippen molar-refractivity contribution >= 4 is 5.91 Å². The van der Waals surface area contributed by atoms with Gasteiger partial charge >= 0.3 is 0 Å². The molecular weight excluding hydrogens is 138 g/mol. The summed E-state index contributed by atoms with van der Waals surface area (Å²) in [6.45, 7) is 10.5. The van der Waals surface area contributed by atoms with Gasteiger partial charge in [-0.25, -0.2) is 0 Å². The predicted octanol–water partition coefficient (Wildman–Crippen LogP) is 1.33. The van der Waals surface area contributed by atoms with E-state index in [0.717, 1.165) is 0 Å². The molecule has 0 aliphatic rings. The molecule has 0 bridgehead atoms. The van der Waals surface area contributed by atoms with Gasteiger partial charge in [-0.05, 0) is 5.57 Å². The second-order valence-corrected chi connectivity index (χ2v) is 1.96. The van der Waals surface area contributed by atoms with Crippen LogP contribution in [0.15, 0.2) is 49.1 Å². The lowest BCUT2D eigenvalue weighted by Crippen LogP contribution is -2.13. The standard InChI is InChI=1S/C9H11NO/c1-4-5-6-7(2)8(3)9(10)11/h4-6H,1-3H2,(H2,10,11). The Labute approximate surface area is 66.4 Å². The van der Waals surface area contributed by atoms with Crippen LogP contribution in [0.2, 0.25) is 0 Å². The maximum atomic E-state index is 10.5. The molecule has 2 nitrogen and oxygen atoms in total. The lowest BCUT2D eigenvalue weighted by Gasteiger charge is -1.97. The van der Waals surface area contributed by atoms with E-state index in [4.69, 9.17) is 5.73 Å². The van der Waals surface area contributed by atoms with Crippen LogP contribution in [-0.2, 0) is 4.79 Å². The largest absolute Gasteiger partial charge is 0.366 e. The fourth-order valence-corrected chi connectivity index (χ4v) is 0.443. The minimum atomic E-state index is -0.552. The Kier molecular flexibility index (Phi) is 3.67. The third kappa shape index (κ3) is 3.20. The van der Waals surface area contributed by atoms with Crippen LogP contribution in [0, 0.1) is 0 Å². The molecule has 58 valence electrons. The van der Waals surface area contributed by atoms with E-state index in [0.29, 0.717) is 5.57 Å². The van der Waals surface area contributed by atoms with E-state index in [-0.39, 0.29) is 5.57 Å². The van der Waals surface area contributed by atoms with E-state index in [1.165, 1.54) is 0 Å². The fourth-order valence-electron chi connectivity index (χ4n) is 0.443. The number of carbonyl (C=O) groups is 1. The second-order valence-electron chi connectivity index (χ2n) is 1.96. The maximum absolute atomic E-state index is 10.5. The van der Waals surface area contributed by atoms with Crippen molar-refractivity contribution in [3.8, 4) is 0 Å². The maximum Gasteiger partial charge on any atom is 0.248 e. The molecule has 0 unspecified atom stereocenters. The summed E-state index contributed by atoms with van der Waals surface area (Å²) in [5.74, 6) is -0.552. The zero-order valence-electron chi connectivity index (χ0n) is 6.34. The van der Waals surface area contributed by atoms with Gasteiger partial charge in [-0.1, -0.05) is 38.0 Å². The Hall–Kier alpha value is -1.57. The molecule has 0 saturated heterocycles. The molecule has 2 heteroatoms. The van der Waals surface area contributed by atoms with Crippen molar-refractivity contribution in [1.29, 1.82) is 0 Å². The zero-order valence-corrected chi connectivity index (χ0v) is 6.34. The predicted molar refractivity (Wildman–Crippen MR) is 46.8 cm³/mol. The van der Waals surface area contributed by atoms with Gasteiger partial charge in [0.1, 0.15) is 0 Å². The molecule has 0 atom stereocenters. The Morgan fingerprint density at radius 3 is 2.27 bits per heavy atom. The number of hydrogen-bond acceptors (Lipinski definition) is 1. The summed E-state index contributed by atoms with van der Waals surface area (Å²) in [6, 6.07) is 0. The molecule has 0 aliphatic carbocycles. The summed E-state index contributed by atoms with van der Waals surface area (Å²) in [5.41, 5.74) is 5.69. The highest BCUT2D eigenvalue weighted by molar-refractivity contribution is 5.96. The SMILES string of the molecule is C=CC=CC(=C)C(=C)C(N)=O. The van der Waals surface area contributed by atoms with Crippen molar-refractivity contribution in [3.05, 3.63) is 49.1 Å². The molecule has 0 rings (SSSR count). The summed E-state index contributed by atoms with van der Waals surface area (Å²) in [5, 5.41) is 0. The monoisotopic (exact) mass is 149 g/mol. The number of carbonyl (C=O) groups excluding carboxylic acids is 1. The summed E-state index contributed by atoms with van der Waals surface area (Å²) < 4.78 is 0. The van der Waals surface area contributed by atoms with E-state index < -0.39 is 5.91 Å². The molecule has 1 amide bonds. The highest BCUT2D eigenvalue weighted by Crippen LogP contribution is 2.04. The normalized spacial score (nSPS) is 9.45. The topological polar surface area (TPSA) is 43.1 Å². The van der Waals surface area contributed by atoms with Gasteiger partial charge in [0.15, 0.2) is 0 Å². The summed E-state index contributed by atoms with van der Waals surface area (Å²) in [7, 11) is 0. The van der Waals surface area contributed by atoms with Crippen LogP contribution in [0.25, 0.3) is 0 Å². The van der Waals surface area contributed by atoms with Crippen molar-refractivity contribution < 1.29 is 4.79 Å². The molecule has 0 aliphatic heterocycles. The average molecular weight is 149 g/mol. The number of rotatable bonds is 4. The minimum absolute atomic E-state index is 0.225. The van der Waals surface area contributed by atoms with Gasteiger partial charge in [-0.2, -0.15) is 0 Å². The molecule has 0 radical (unpaired) electrons. The van der Waals surface area contributed by atoms with Crippen LogP contribution in [-0.4, -0.2) is 5.91 Å². The van der Waals surface area contributed by atoms with E-state index in [9.17, 15) is 4.79 Å². The first-order valence-corrected chi connectivity index (χ1v) is 3.06. The third-order valence-corrected chi connectivity index (χ3v) is 1.12. The minimum Gasteiger partial charge on any atom is -0.366 e. The Morgan fingerprint density at radius 1 is 1.36 bits per heavy atom. The van der Waals surface area contributed by atoms with Gasteiger partial charge in [-0.15, -0.1) is 0 Å². The summed E-state index contributed by atoms with van der Waals surface area (Å²) >= 11 is 0. The van der Waals surface area contributed by atoms with Gasteiger partial charge in [0.25, 0.3) is 0 Å². The van der Waals surface area contributed by atoms with Gasteiger partial charge in [-0.3, -0.25) is 4.79 Å². The average Bonchev–Trinajstić information content (AvgIpc) is 1.98. The van der Waals surface area contributed by atoms with Crippen molar-refractivity contribution in [2.75, 3.05) is 0 Å². The molecule has 0 spiro atoms. The highest BCUT2D eigenvalue weighted by atomic mass is 16.1. The van der Waals surface area contributed by atoms with Crippen LogP contribution in [0.4, 0.5) is 0 Å². The fraction of sp³-hybridized carbons (Fsp3) is 0. The van der Waals surface area contributed by atoms with Crippen LogP contribution >= 0.6 is 0 Å². The number of allylic oxidation sites excluding steroid dienone is 3. The third-order valence-electron chi connectivity index (χ3n) is 1.12. The van der Waals surface area contributed by atoms with Gasteiger partial charge in [0.05, 0.1) is 0 Å². The van der Waals surface area contributed by atoms with Crippen LogP contribution in [0.5, 0.6) is 0 Å². The van der Waals surface area contributed by atoms with Crippen molar-refractivity contribution in [3.63, 3.8) is 0 Å². The zero-order chi connectivity index (χ0) is 8.85. The lowest BCUT2D eigenvalue weighted by atomic mass is 10.1. The van der Waals surface area contributed by atoms with Crippen LogP contribution < -0.4 is 5.73 Å². The number of hydrogen-bond donors (Lipinski definition) is 1. The quantitative estimate of drug-likeness (QED) is 0.475. The molecule has 0 fully saturated rings. The lowest BCUT2D eigenvalue weighted by molar-refractivity contribution is -0.114. The molecule has 11 heavy (non-hydrogen) atoms. The van der Waals surface area contributed by atoms with E-state index in [2.05, 4.69) is 19.7 Å². The Morgan fingerprint density at radius 2 is 1.91 bits per heavy atom. The molecular formula is C9H11NO. The van der Waals surface area contributed by atoms with Gasteiger partial charge in [0.2, 0.25) is 5.91 Å². The van der Waals surface area contributed by atoms with Crippen LogP contribution in [0.3, 0.4) is 0 Å². The van der Waals surface area contributed by atoms with E-state index in [1.54, 1.807) is 18.2 Å². The molecule has 0 aromatic rings. The smallest absolute Gasteiger partial charge is 0.248 e. The Bertz CT molecular complexity index is 236. The molecule has 0 aromatic heterocycles. The van der Waals surface area contributed by atoms with Crippen molar-refractivity contribution in [1.82, 2.24) is 0 Å². The van der Waals surface area contributed by atoms with E-state index >= 15 is 0 Å². The first-order chi connectivity index (χ1) is 5.09. The highest BCUT2D eigenvalue weighted by Gasteiger charge is 2.01. The van der Waals surface area contributed by atoms with Crippen molar-refractivity contribution in [2.24, 2.45) is 5.73 Å². The van der Waals surface area contributed by atoms with Gasteiger partial charge < -0.3 is 5.73 Å². The number of primary amides is 1. The first-order valence-electron chi connectivity index (χ1n) is 3.06.